The summed E-state index contributed by atoms with van der Waals surface area (Å²) in [6.45, 7) is 0. The molecule has 3 atom stereocenters. The summed E-state index contributed by atoms with van der Waals surface area (Å²) < 4.78 is 0. The highest BCUT2D eigenvalue weighted by Gasteiger charge is 2.35. The number of nitrogens with zero attached hydrogens (tertiary/aromatic N) is 1. The predicted octanol–water partition coefficient (Wildman–Crippen LogP) is 4.07. The van der Waals surface area contributed by atoms with Gasteiger partial charge in [0.15, 0.2) is 0 Å². The van der Waals surface area contributed by atoms with Crippen molar-refractivity contribution in [1.29, 1.82) is 0 Å². The van der Waals surface area contributed by atoms with Crippen molar-refractivity contribution in [2.75, 3.05) is 0 Å². The maximum Gasteiger partial charge on any atom is 0.0469 e. The van der Waals surface area contributed by atoms with Crippen LogP contribution in [0.1, 0.15) is 49.3 Å². The molecule has 16 heavy (non-hydrogen) atoms. The van der Waals surface area contributed by atoms with Crippen LogP contribution >= 0.6 is 15.9 Å². The Morgan fingerprint density at radius 2 is 2.06 bits per heavy atom. The minimum atomic E-state index is 0.721. The molecule has 2 aliphatic rings. The summed E-state index contributed by atoms with van der Waals surface area (Å²) in [6.07, 6.45) is 10.1. The van der Waals surface area contributed by atoms with Crippen molar-refractivity contribution < 1.29 is 0 Å². The van der Waals surface area contributed by atoms with Crippen LogP contribution in [-0.2, 0) is 6.42 Å². The van der Waals surface area contributed by atoms with Crippen LogP contribution in [0.15, 0.2) is 18.3 Å². The predicted molar refractivity (Wildman–Crippen MR) is 70.0 cm³/mol. The molecule has 2 heteroatoms. The lowest BCUT2D eigenvalue weighted by Crippen LogP contribution is -2.25. The largest absolute Gasteiger partial charge is 0.261 e. The van der Waals surface area contributed by atoms with E-state index in [0.29, 0.717) is 0 Å². The quantitative estimate of drug-likeness (QED) is 0.707. The zero-order valence-electron chi connectivity index (χ0n) is 9.53. The summed E-state index contributed by atoms with van der Waals surface area (Å²) in [5.74, 6) is 1.55. The average Bonchev–Trinajstić information content (AvgIpc) is 2.74. The average molecular weight is 280 g/mol. The SMILES string of the molecule is BrC1CCCCC1C1CCc2cccnc21. The lowest BCUT2D eigenvalue weighted by atomic mass is 9.78. The van der Waals surface area contributed by atoms with E-state index in [0.717, 1.165) is 16.7 Å². The first-order valence-electron chi connectivity index (χ1n) is 6.44. The number of hydrogen-bond acceptors (Lipinski definition) is 1. The first kappa shape index (κ1) is 10.8. The number of aromatic nitrogens is 1. The third-order valence-electron chi connectivity index (χ3n) is 4.25. The van der Waals surface area contributed by atoms with Gasteiger partial charge in [-0.05, 0) is 43.2 Å². The van der Waals surface area contributed by atoms with Crippen molar-refractivity contribution in [3.63, 3.8) is 0 Å². The summed E-state index contributed by atoms with van der Waals surface area (Å²) in [5.41, 5.74) is 2.90. The third-order valence-corrected chi connectivity index (χ3v) is 5.39. The van der Waals surface area contributed by atoms with Gasteiger partial charge in [-0.3, -0.25) is 4.98 Å². The van der Waals surface area contributed by atoms with Gasteiger partial charge in [0.05, 0.1) is 0 Å². The molecule has 1 saturated carbocycles. The maximum atomic E-state index is 4.63. The van der Waals surface area contributed by atoms with Crippen molar-refractivity contribution in [2.24, 2.45) is 5.92 Å². The van der Waals surface area contributed by atoms with E-state index in [4.69, 9.17) is 0 Å². The molecule has 1 aromatic heterocycles. The van der Waals surface area contributed by atoms with Crippen LogP contribution in [0.5, 0.6) is 0 Å². The second-order valence-corrected chi connectivity index (χ2v) is 6.33. The molecule has 0 aliphatic heterocycles. The number of alkyl halides is 1. The van der Waals surface area contributed by atoms with Crippen LogP contribution in [0.2, 0.25) is 0 Å². The topological polar surface area (TPSA) is 12.9 Å². The van der Waals surface area contributed by atoms with Crippen LogP contribution in [0, 0.1) is 5.92 Å². The summed E-state index contributed by atoms with van der Waals surface area (Å²) >= 11 is 3.89. The highest BCUT2D eigenvalue weighted by Crippen LogP contribution is 2.45. The first-order chi connectivity index (χ1) is 7.86. The Balaban J connectivity index is 1.86. The second-order valence-electron chi connectivity index (χ2n) is 5.16. The Morgan fingerprint density at radius 1 is 1.19 bits per heavy atom. The molecule has 0 saturated heterocycles. The Kier molecular flexibility index (Phi) is 3.01. The summed E-state index contributed by atoms with van der Waals surface area (Å²) in [7, 11) is 0. The molecular weight excluding hydrogens is 262 g/mol. The fraction of sp³-hybridized carbons (Fsp3) is 0.643. The third kappa shape index (κ3) is 1.81. The molecule has 1 fully saturated rings. The highest BCUT2D eigenvalue weighted by atomic mass is 79.9. The molecule has 0 amide bonds. The van der Waals surface area contributed by atoms with E-state index in [1.54, 1.807) is 0 Å². The molecule has 0 N–H and O–H groups in total. The Bertz CT molecular complexity index is 377. The van der Waals surface area contributed by atoms with Gasteiger partial charge in [-0.1, -0.05) is 34.8 Å². The zero-order valence-corrected chi connectivity index (χ0v) is 11.1. The fourth-order valence-corrected chi connectivity index (χ4v) is 4.38. The Hall–Kier alpha value is -0.370. The van der Waals surface area contributed by atoms with E-state index in [1.165, 1.54) is 49.8 Å². The van der Waals surface area contributed by atoms with Gasteiger partial charge in [0.1, 0.15) is 0 Å². The molecule has 3 unspecified atom stereocenters. The smallest absolute Gasteiger partial charge is 0.0469 e. The number of aryl methyl sites for hydroxylation is 1. The maximum absolute atomic E-state index is 4.63. The molecule has 0 aromatic carbocycles. The highest BCUT2D eigenvalue weighted by molar-refractivity contribution is 9.09. The minimum Gasteiger partial charge on any atom is -0.261 e. The zero-order chi connectivity index (χ0) is 11.0. The molecule has 1 nitrogen and oxygen atoms in total. The van der Waals surface area contributed by atoms with Crippen LogP contribution in [0.3, 0.4) is 0 Å². The van der Waals surface area contributed by atoms with E-state index >= 15 is 0 Å². The Labute approximate surface area is 106 Å². The van der Waals surface area contributed by atoms with Gasteiger partial charge >= 0.3 is 0 Å². The monoisotopic (exact) mass is 279 g/mol. The van der Waals surface area contributed by atoms with Crippen molar-refractivity contribution in [3.05, 3.63) is 29.6 Å². The van der Waals surface area contributed by atoms with Crippen LogP contribution < -0.4 is 0 Å². The van der Waals surface area contributed by atoms with Crippen molar-refractivity contribution in [1.82, 2.24) is 4.98 Å². The van der Waals surface area contributed by atoms with Crippen molar-refractivity contribution >= 4 is 15.9 Å². The molecule has 86 valence electrons. The molecule has 1 heterocycles. The van der Waals surface area contributed by atoms with Gasteiger partial charge < -0.3 is 0 Å². The van der Waals surface area contributed by atoms with Gasteiger partial charge in [-0.15, -0.1) is 0 Å². The second kappa shape index (κ2) is 4.48. The molecule has 2 aliphatic carbocycles. The van der Waals surface area contributed by atoms with Crippen LogP contribution in [0.25, 0.3) is 0 Å². The summed E-state index contributed by atoms with van der Waals surface area (Å²) in [4.78, 5) is 5.35. The van der Waals surface area contributed by atoms with Crippen LogP contribution in [-0.4, -0.2) is 9.81 Å². The van der Waals surface area contributed by atoms with Crippen molar-refractivity contribution in [2.45, 2.75) is 49.3 Å². The normalized spacial score (nSPS) is 33.7. The van der Waals surface area contributed by atoms with E-state index < -0.39 is 0 Å². The summed E-state index contributed by atoms with van der Waals surface area (Å²) in [6, 6.07) is 4.34. The number of pyridine rings is 1. The minimum absolute atomic E-state index is 0.721. The molecule has 1 aromatic rings. The van der Waals surface area contributed by atoms with Gasteiger partial charge in [0, 0.05) is 22.6 Å². The van der Waals surface area contributed by atoms with Gasteiger partial charge in [-0.25, -0.2) is 0 Å². The number of halogens is 1. The van der Waals surface area contributed by atoms with E-state index in [2.05, 4.69) is 33.0 Å². The molecule has 3 rings (SSSR count). The van der Waals surface area contributed by atoms with E-state index in [9.17, 15) is 0 Å². The Morgan fingerprint density at radius 3 is 2.94 bits per heavy atom. The molecule has 0 radical (unpaired) electrons. The first-order valence-corrected chi connectivity index (χ1v) is 7.35. The van der Waals surface area contributed by atoms with Crippen molar-refractivity contribution in [3.8, 4) is 0 Å². The number of hydrogen-bond donors (Lipinski definition) is 0. The lowest BCUT2D eigenvalue weighted by Gasteiger charge is -2.32. The summed E-state index contributed by atoms with van der Waals surface area (Å²) in [5, 5.41) is 0. The molecular formula is C14H18BrN. The van der Waals surface area contributed by atoms with Crippen LogP contribution in [0.4, 0.5) is 0 Å². The fourth-order valence-electron chi connectivity index (χ4n) is 3.43. The van der Waals surface area contributed by atoms with E-state index in [-0.39, 0.29) is 0 Å². The molecule has 0 spiro atoms. The lowest BCUT2D eigenvalue weighted by molar-refractivity contribution is 0.314. The standard InChI is InChI=1S/C14H18BrN/c15-13-6-2-1-5-11(13)12-8-7-10-4-3-9-16-14(10)12/h3-4,9,11-13H,1-2,5-8H2. The van der Waals surface area contributed by atoms with E-state index in [1.807, 2.05) is 6.20 Å². The van der Waals surface area contributed by atoms with Gasteiger partial charge in [0.2, 0.25) is 0 Å². The van der Waals surface area contributed by atoms with Gasteiger partial charge in [0.25, 0.3) is 0 Å². The molecule has 0 bridgehead atoms. The number of fused-ring (bicyclic) bond motifs is 1. The van der Waals surface area contributed by atoms with Gasteiger partial charge in [-0.2, -0.15) is 0 Å². The number of rotatable bonds is 1.